The molecule has 22 heavy (non-hydrogen) atoms. The molecule has 1 heterocycles. The minimum absolute atomic E-state index is 0.114. The number of nitrogens with one attached hydrogen (secondary N) is 1. The van der Waals surface area contributed by atoms with Crippen LogP contribution in [0.1, 0.15) is 31.0 Å². The van der Waals surface area contributed by atoms with Gasteiger partial charge in [0, 0.05) is 6.04 Å². The monoisotopic (exact) mass is 338 g/mol. The Balaban J connectivity index is 2.01. The van der Waals surface area contributed by atoms with Gasteiger partial charge in [-0.15, -0.1) is 10.2 Å². The largest absolute Gasteiger partial charge is 0.324 e. The lowest BCUT2D eigenvalue weighted by Gasteiger charge is -2.12. The fraction of sp³-hybridized carbons (Fsp3) is 0.400. The summed E-state index contributed by atoms with van der Waals surface area (Å²) in [7, 11) is 0. The van der Waals surface area contributed by atoms with Crippen LogP contribution in [-0.2, 0) is 4.79 Å². The van der Waals surface area contributed by atoms with E-state index in [0.29, 0.717) is 10.7 Å². The predicted octanol–water partition coefficient (Wildman–Crippen LogP) is 3.86. The van der Waals surface area contributed by atoms with Gasteiger partial charge in [0.15, 0.2) is 5.16 Å². The molecule has 5 nitrogen and oxygen atoms in total. The maximum absolute atomic E-state index is 12.1. The van der Waals surface area contributed by atoms with Gasteiger partial charge in [0.25, 0.3) is 0 Å². The molecule has 0 saturated heterocycles. The molecule has 0 aliphatic rings. The number of anilines is 1. The second-order valence-electron chi connectivity index (χ2n) is 5.39. The summed E-state index contributed by atoms with van der Waals surface area (Å²) in [6, 6.07) is 4.09. The van der Waals surface area contributed by atoms with Gasteiger partial charge in [0.1, 0.15) is 6.33 Å². The van der Waals surface area contributed by atoms with Crippen LogP contribution < -0.4 is 5.32 Å². The Morgan fingerprint density at radius 1 is 1.41 bits per heavy atom. The topological polar surface area (TPSA) is 59.8 Å². The standard InChI is InChI=1S/C15H19ClN4OS/c1-9(2)20-8-17-19-15(20)22-7-13(21)18-14-11(4)5-10(3)6-12(14)16/h5-6,8-9H,7H2,1-4H3,(H,18,21). The molecule has 1 aromatic heterocycles. The van der Waals surface area contributed by atoms with Crippen molar-refractivity contribution in [3.05, 3.63) is 34.6 Å². The highest BCUT2D eigenvalue weighted by atomic mass is 35.5. The third-order valence-corrected chi connectivity index (χ3v) is 4.38. The summed E-state index contributed by atoms with van der Waals surface area (Å²) in [4.78, 5) is 12.1. The van der Waals surface area contributed by atoms with E-state index in [-0.39, 0.29) is 17.7 Å². The molecule has 7 heteroatoms. The molecule has 1 aromatic carbocycles. The number of amides is 1. The molecule has 0 aliphatic heterocycles. The fourth-order valence-corrected chi connectivity index (χ4v) is 3.28. The summed E-state index contributed by atoms with van der Waals surface area (Å²) in [6.45, 7) is 7.99. The lowest BCUT2D eigenvalue weighted by molar-refractivity contribution is -0.113. The number of aryl methyl sites for hydroxylation is 2. The van der Waals surface area contributed by atoms with Gasteiger partial charge in [-0.25, -0.2) is 0 Å². The molecule has 2 aromatic rings. The van der Waals surface area contributed by atoms with E-state index in [1.54, 1.807) is 6.33 Å². The van der Waals surface area contributed by atoms with Gasteiger partial charge < -0.3 is 9.88 Å². The van der Waals surface area contributed by atoms with Gasteiger partial charge >= 0.3 is 0 Å². The Hall–Kier alpha value is -1.53. The highest BCUT2D eigenvalue weighted by Gasteiger charge is 2.13. The quantitative estimate of drug-likeness (QED) is 0.841. The number of benzene rings is 1. The summed E-state index contributed by atoms with van der Waals surface area (Å²) in [5, 5.41) is 12.1. The van der Waals surface area contributed by atoms with Crippen LogP contribution >= 0.6 is 23.4 Å². The summed E-state index contributed by atoms with van der Waals surface area (Å²) >= 11 is 7.56. The second-order valence-corrected chi connectivity index (χ2v) is 6.74. The molecular formula is C15H19ClN4OS. The van der Waals surface area contributed by atoms with Crippen LogP contribution in [0.5, 0.6) is 0 Å². The van der Waals surface area contributed by atoms with E-state index in [0.717, 1.165) is 16.3 Å². The average molecular weight is 339 g/mol. The van der Waals surface area contributed by atoms with Crippen LogP contribution in [0.15, 0.2) is 23.6 Å². The average Bonchev–Trinajstić information content (AvgIpc) is 2.89. The van der Waals surface area contributed by atoms with Gasteiger partial charge in [0.05, 0.1) is 16.5 Å². The van der Waals surface area contributed by atoms with Crippen molar-refractivity contribution in [2.75, 3.05) is 11.1 Å². The number of carbonyl (C=O) groups excluding carboxylic acids is 1. The Labute approximate surface area is 139 Å². The molecular weight excluding hydrogens is 320 g/mol. The maximum atomic E-state index is 12.1. The Kier molecular flexibility index (Phi) is 5.47. The van der Waals surface area contributed by atoms with E-state index >= 15 is 0 Å². The van der Waals surface area contributed by atoms with Crippen molar-refractivity contribution in [3.8, 4) is 0 Å². The highest BCUT2D eigenvalue weighted by Crippen LogP contribution is 2.28. The number of nitrogens with zero attached hydrogens (tertiary/aromatic N) is 3. The molecule has 1 N–H and O–H groups in total. The minimum atomic E-state index is -0.114. The number of hydrogen-bond donors (Lipinski definition) is 1. The zero-order valence-corrected chi connectivity index (χ0v) is 14.6. The number of thioether (sulfide) groups is 1. The molecule has 0 saturated carbocycles. The van der Waals surface area contributed by atoms with Crippen LogP contribution in [0, 0.1) is 13.8 Å². The van der Waals surface area contributed by atoms with Gasteiger partial charge in [-0.3, -0.25) is 4.79 Å². The molecule has 0 radical (unpaired) electrons. The van der Waals surface area contributed by atoms with Crippen molar-refractivity contribution in [1.82, 2.24) is 14.8 Å². The third-order valence-electron chi connectivity index (χ3n) is 3.13. The molecule has 0 unspecified atom stereocenters. The van der Waals surface area contributed by atoms with Crippen LogP contribution in [0.25, 0.3) is 0 Å². The van der Waals surface area contributed by atoms with Crippen molar-refractivity contribution in [2.24, 2.45) is 0 Å². The van der Waals surface area contributed by atoms with E-state index in [9.17, 15) is 4.79 Å². The number of halogens is 1. The first-order valence-electron chi connectivity index (χ1n) is 6.97. The Morgan fingerprint density at radius 3 is 2.77 bits per heavy atom. The van der Waals surface area contributed by atoms with Crippen molar-refractivity contribution < 1.29 is 4.79 Å². The van der Waals surface area contributed by atoms with E-state index in [1.807, 2.05) is 44.4 Å². The number of hydrogen-bond acceptors (Lipinski definition) is 4. The van der Waals surface area contributed by atoms with E-state index in [4.69, 9.17) is 11.6 Å². The summed E-state index contributed by atoms with van der Waals surface area (Å²) in [6.07, 6.45) is 1.67. The van der Waals surface area contributed by atoms with E-state index < -0.39 is 0 Å². The molecule has 0 atom stereocenters. The third kappa shape index (κ3) is 4.01. The van der Waals surface area contributed by atoms with Gasteiger partial charge in [-0.1, -0.05) is 29.4 Å². The van der Waals surface area contributed by atoms with Gasteiger partial charge in [-0.05, 0) is 44.9 Å². The molecule has 0 fully saturated rings. The summed E-state index contributed by atoms with van der Waals surface area (Å²) in [5.74, 6) is 0.145. The Bertz CT molecular complexity index is 661. The van der Waals surface area contributed by atoms with Gasteiger partial charge in [-0.2, -0.15) is 0 Å². The molecule has 0 aliphatic carbocycles. The number of carbonyl (C=O) groups is 1. The van der Waals surface area contributed by atoms with Gasteiger partial charge in [0.2, 0.25) is 5.91 Å². The molecule has 1 amide bonds. The highest BCUT2D eigenvalue weighted by molar-refractivity contribution is 7.99. The first kappa shape index (κ1) is 16.8. The van der Waals surface area contributed by atoms with Crippen LogP contribution in [0.4, 0.5) is 5.69 Å². The first-order valence-corrected chi connectivity index (χ1v) is 8.33. The maximum Gasteiger partial charge on any atom is 0.234 e. The number of rotatable bonds is 5. The zero-order chi connectivity index (χ0) is 16.3. The zero-order valence-electron chi connectivity index (χ0n) is 13.1. The summed E-state index contributed by atoms with van der Waals surface area (Å²) in [5.41, 5.74) is 2.69. The smallest absolute Gasteiger partial charge is 0.234 e. The first-order chi connectivity index (χ1) is 10.4. The molecule has 118 valence electrons. The lowest BCUT2D eigenvalue weighted by atomic mass is 10.1. The van der Waals surface area contributed by atoms with E-state index in [1.165, 1.54) is 11.8 Å². The fourth-order valence-electron chi connectivity index (χ4n) is 2.07. The number of aromatic nitrogens is 3. The summed E-state index contributed by atoms with van der Waals surface area (Å²) < 4.78 is 1.93. The lowest BCUT2D eigenvalue weighted by Crippen LogP contribution is -2.16. The van der Waals surface area contributed by atoms with Crippen LogP contribution in [-0.4, -0.2) is 26.4 Å². The van der Waals surface area contributed by atoms with Crippen molar-refractivity contribution in [3.63, 3.8) is 0 Å². The molecule has 0 bridgehead atoms. The van der Waals surface area contributed by atoms with Crippen molar-refractivity contribution in [2.45, 2.75) is 38.9 Å². The normalized spacial score (nSPS) is 11.0. The van der Waals surface area contributed by atoms with Crippen molar-refractivity contribution >= 4 is 35.0 Å². The molecule has 0 spiro atoms. The van der Waals surface area contributed by atoms with Crippen LogP contribution in [0.3, 0.4) is 0 Å². The molecule has 2 rings (SSSR count). The minimum Gasteiger partial charge on any atom is -0.324 e. The Morgan fingerprint density at radius 2 is 2.14 bits per heavy atom. The van der Waals surface area contributed by atoms with Crippen molar-refractivity contribution in [1.29, 1.82) is 0 Å². The van der Waals surface area contributed by atoms with Crippen LogP contribution in [0.2, 0.25) is 5.02 Å². The second kappa shape index (κ2) is 7.15. The predicted molar refractivity (Wildman–Crippen MR) is 90.7 cm³/mol. The SMILES string of the molecule is Cc1cc(C)c(NC(=O)CSc2nncn2C(C)C)c(Cl)c1. The van der Waals surface area contributed by atoms with E-state index in [2.05, 4.69) is 15.5 Å².